The number of ether oxygens (including phenoxy) is 1. The number of benzene rings is 1. The first-order valence-electron chi connectivity index (χ1n) is 13.2. The van der Waals surface area contributed by atoms with Gasteiger partial charge in [0.2, 0.25) is 5.91 Å². The first-order chi connectivity index (χ1) is 17.1. The smallest absolute Gasteiger partial charge is 0.416 e. The number of rotatable bonds is 8. The molecule has 4 atom stereocenters. The van der Waals surface area contributed by atoms with Gasteiger partial charge < -0.3 is 15.4 Å². The first kappa shape index (κ1) is 26.8. The molecule has 1 aliphatic heterocycles. The standard InChI is InChI=1S/C27H38F3N3O3/c1-17(2)12-24(32-26(35)36-21-8-3-4-9-21)25(34)31-23-11-10-19-15-33(16-22(19)23)14-18-6-5-7-20(13-18)27(28,29)30/h5-7,13,17,19,21-24H,3-4,8-12,14-16H2,1-2H3,(H,31,34)(H,32,35)/t19-,22+,23+,24-/m0/s1. The van der Waals surface area contributed by atoms with Crippen LogP contribution in [0.4, 0.5) is 18.0 Å². The van der Waals surface area contributed by atoms with Crippen molar-refractivity contribution in [3.05, 3.63) is 35.4 Å². The molecule has 3 fully saturated rings. The van der Waals surface area contributed by atoms with Gasteiger partial charge >= 0.3 is 12.3 Å². The number of alkyl halides is 3. The molecule has 4 rings (SSSR count). The summed E-state index contributed by atoms with van der Waals surface area (Å²) in [7, 11) is 0. The maximum Gasteiger partial charge on any atom is 0.416 e. The Hall–Kier alpha value is -2.29. The molecule has 0 aromatic heterocycles. The SMILES string of the molecule is CC(C)C[C@H](NC(=O)OC1CCCC1)C(=O)N[C@@H]1CC[C@H]2CN(Cc3cccc(C(F)(F)F)c3)C[C@H]21. The van der Waals surface area contributed by atoms with Crippen molar-refractivity contribution in [3.63, 3.8) is 0 Å². The van der Waals surface area contributed by atoms with E-state index in [2.05, 4.69) is 15.5 Å². The van der Waals surface area contributed by atoms with E-state index < -0.39 is 23.9 Å². The maximum atomic E-state index is 13.2. The Morgan fingerprint density at radius 3 is 2.56 bits per heavy atom. The Kier molecular flexibility index (Phi) is 8.48. The normalized spacial score (nSPS) is 25.7. The third-order valence-corrected chi connectivity index (χ3v) is 7.81. The molecule has 0 spiro atoms. The van der Waals surface area contributed by atoms with Crippen molar-refractivity contribution in [2.45, 2.75) is 89.7 Å². The third-order valence-electron chi connectivity index (χ3n) is 7.81. The number of amides is 2. The van der Waals surface area contributed by atoms with Gasteiger partial charge in [0, 0.05) is 25.7 Å². The van der Waals surface area contributed by atoms with E-state index in [1.54, 1.807) is 6.07 Å². The van der Waals surface area contributed by atoms with Gasteiger partial charge in [0.05, 0.1) is 5.56 Å². The zero-order valence-corrected chi connectivity index (χ0v) is 21.2. The predicted molar refractivity (Wildman–Crippen MR) is 130 cm³/mol. The van der Waals surface area contributed by atoms with E-state index in [9.17, 15) is 22.8 Å². The first-order valence-corrected chi connectivity index (χ1v) is 13.2. The molecule has 9 heteroatoms. The monoisotopic (exact) mass is 509 g/mol. The molecule has 2 saturated carbocycles. The number of nitrogens with one attached hydrogen (secondary N) is 2. The summed E-state index contributed by atoms with van der Waals surface area (Å²) in [5.74, 6) is 0.696. The minimum absolute atomic E-state index is 0.00340. The second kappa shape index (κ2) is 11.4. The van der Waals surface area contributed by atoms with E-state index in [0.29, 0.717) is 24.4 Å². The zero-order valence-electron chi connectivity index (χ0n) is 21.2. The number of hydrogen-bond acceptors (Lipinski definition) is 4. The van der Waals surface area contributed by atoms with Crippen LogP contribution in [-0.2, 0) is 22.3 Å². The second-order valence-electron chi connectivity index (χ2n) is 11.1. The number of fused-ring (bicyclic) bond motifs is 1. The molecule has 1 heterocycles. The maximum absolute atomic E-state index is 13.2. The molecule has 2 amide bonds. The summed E-state index contributed by atoms with van der Waals surface area (Å²) in [6.07, 6.45) is 1.29. The molecule has 0 unspecified atom stereocenters. The number of hydrogen-bond donors (Lipinski definition) is 2. The van der Waals surface area contributed by atoms with Crippen molar-refractivity contribution in [1.29, 1.82) is 0 Å². The van der Waals surface area contributed by atoms with E-state index >= 15 is 0 Å². The van der Waals surface area contributed by atoms with E-state index in [-0.39, 0.29) is 29.9 Å². The molecular formula is C27H38F3N3O3. The van der Waals surface area contributed by atoms with Crippen LogP contribution in [0.2, 0.25) is 0 Å². The number of nitrogens with zero attached hydrogens (tertiary/aromatic N) is 1. The minimum Gasteiger partial charge on any atom is -0.446 e. The Morgan fingerprint density at radius 2 is 1.86 bits per heavy atom. The number of carbonyl (C=O) groups is 2. The number of halogens is 3. The van der Waals surface area contributed by atoms with E-state index in [1.807, 2.05) is 13.8 Å². The predicted octanol–water partition coefficient (Wildman–Crippen LogP) is 5.12. The van der Waals surface area contributed by atoms with Gasteiger partial charge in [-0.2, -0.15) is 13.2 Å². The van der Waals surface area contributed by atoms with Gasteiger partial charge in [0.25, 0.3) is 0 Å². The van der Waals surface area contributed by atoms with Crippen LogP contribution in [0.3, 0.4) is 0 Å². The Labute approximate surface area is 211 Å². The highest BCUT2D eigenvalue weighted by molar-refractivity contribution is 5.85. The van der Waals surface area contributed by atoms with Crippen LogP contribution in [0, 0.1) is 17.8 Å². The fourth-order valence-corrected chi connectivity index (χ4v) is 6.09. The van der Waals surface area contributed by atoms with Gasteiger partial charge in [-0.25, -0.2) is 4.79 Å². The molecule has 6 nitrogen and oxygen atoms in total. The number of alkyl carbamates (subject to hydrolysis) is 1. The van der Waals surface area contributed by atoms with Gasteiger partial charge in [-0.3, -0.25) is 9.69 Å². The highest BCUT2D eigenvalue weighted by Crippen LogP contribution is 2.39. The lowest BCUT2D eigenvalue weighted by Crippen LogP contribution is -2.51. The molecular weight excluding hydrogens is 471 g/mol. The van der Waals surface area contributed by atoms with Gasteiger partial charge in [0.15, 0.2) is 0 Å². The van der Waals surface area contributed by atoms with Crippen LogP contribution < -0.4 is 10.6 Å². The summed E-state index contributed by atoms with van der Waals surface area (Å²) in [6.45, 7) is 6.03. The zero-order chi connectivity index (χ0) is 25.9. The van der Waals surface area contributed by atoms with E-state index in [1.165, 1.54) is 12.1 Å². The molecule has 200 valence electrons. The molecule has 1 saturated heterocycles. The third kappa shape index (κ3) is 6.93. The van der Waals surface area contributed by atoms with Crippen molar-refractivity contribution < 1.29 is 27.5 Å². The van der Waals surface area contributed by atoms with Gasteiger partial charge in [0.1, 0.15) is 12.1 Å². The van der Waals surface area contributed by atoms with Crippen molar-refractivity contribution >= 4 is 12.0 Å². The number of carbonyl (C=O) groups excluding carboxylic acids is 2. The Balaban J connectivity index is 1.32. The Morgan fingerprint density at radius 1 is 1.11 bits per heavy atom. The molecule has 3 aliphatic rings. The lowest BCUT2D eigenvalue weighted by Gasteiger charge is -2.26. The summed E-state index contributed by atoms with van der Waals surface area (Å²) in [4.78, 5) is 27.8. The number of likely N-dealkylation sites (tertiary alicyclic amines) is 1. The lowest BCUT2D eigenvalue weighted by molar-refractivity contribution is -0.137. The van der Waals surface area contributed by atoms with Crippen molar-refractivity contribution in [2.24, 2.45) is 17.8 Å². The molecule has 2 aliphatic carbocycles. The van der Waals surface area contributed by atoms with Crippen molar-refractivity contribution in [1.82, 2.24) is 15.5 Å². The molecule has 36 heavy (non-hydrogen) atoms. The van der Waals surface area contributed by atoms with Gasteiger partial charge in [-0.1, -0.05) is 32.0 Å². The van der Waals surface area contributed by atoms with E-state index in [4.69, 9.17) is 4.74 Å². The lowest BCUT2D eigenvalue weighted by atomic mass is 9.97. The van der Waals surface area contributed by atoms with Crippen LogP contribution in [-0.4, -0.2) is 48.2 Å². The van der Waals surface area contributed by atoms with Crippen molar-refractivity contribution in [3.8, 4) is 0 Å². The Bertz CT molecular complexity index is 917. The molecule has 1 aromatic carbocycles. The highest BCUT2D eigenvalue weighted by Gasteiger charge is 2.43. The fourth-order valence-electron chi connectivity index (χ4n) is 6.09. The van der Waals surface area contributed by atoms with Crippen LogP contribution in [0.1, 0.15) is 69.9 Å². The van der Waals surface area contributed by atoms with Crippen molar-refractivity contribution in [2.75, 3.05) is 13.1 Å². The second-order valence-corrected chi connectivity index (χ2v) is 11.1. The van der Waals surface area contributed by atoms with Gasteiger partial charge in [-0.05, 0) is 74.3 Å². The highest BCUT2D eigenvalue weighted by atomic mass is 19.4. The average Bonchev–Trinajstić information content (AvgIpc) is 3.52. The molecule has 1 aromatic rings. The van der Waals surface area contributed by atoms with Crippen LogP contribution >= 0.6 is 0 Å². The molecule has 0 bridgehead atoms. The largest absolute Gasteiger partial charge is 0.446 e. The topological polar surface area (TPSA) is 70.7 Å². The minimum atomic E-state index is -4.35. The summed E-state index contributed by atoms with van der Waals surface area (Å²) in [6, 6.07) is 4.85. The van der Waals surface area contributed by atoms with Gasteiger partial charge in [-0.15, -0.1) is 0 Å². The van der Waals surface area contributed by atoms with Crippen LogP contribution in [0.15, 0.2) is 24.3 Å². The van der Waals surface area contributed by atoms with Crippen LogP contribution in [0.25, 0.3) is 0 Å². The van der Waals surface area contributed by atoms with E-state index in [0.717, 1.165) is 57.7 Å². The van der Waals surface area contributed by atoms with Crippen LogP contribution in [0.5, 0.6) is 0 Å². The summed E-state index contributed by atoms with van der Waals surface area (Å²) < 4.78 is 44.7. The summed E-state index contributed by atoms with van der Waals surface area (Å²) >= 11 is 0. The molecule has 0 radical (unpaired) electrons. The summed E-state index contributed by atoms with van der Waals surface area (Å²) in [5, 5.41) is 5.98. The fraction of sp³-hybridized carbons (Fsp3) is 0.704. The summed E-state index contributed by atoms with van der Waals surface area (Å²) in [5.41, 5.74) is 0.0204. The molecule has 2 N–H and O–H groups in total. The average molecular weight is 510 g/mol. The quantitative estimate of drug-likeness (QED) is 0.511.